The first-order valence-corrected chi connectivity index (χ1v) is 7.17. The Morgan fingerprint density at radius 2 is 2.10 bits per heavy atom. The number of nitrogens with zero attached hydrogens (tertiary/aromatic N) is 2. The zero-order valence-electron chi connectivity index (χ0n) is 12.9. The summed E-state index contributed by atoms with van der Waals surface area (Å²) >= 11 is 0. The molecule has 0 bridgehead atoms. The van der Waals surface area contributed by atoms with E-state index in [9.17, 15) is 0 Å². The third kappa shape index (κ3) is 5.07. The maximum absolute atomic E-state index is 5.23. The largest absolute Gasteiger partial charge is 0.481 e. The van der Waals surface area contributed by atoms with Gasteiger partial charge in [0, 0.05) is 31.9 Å². The highest BCUT2D eigenvalue weighted by Gasteiger charge is 2.07. The summed E-state index contributed by atoms with van der Waals surface area (Å²) in [6.45, 7) is 6.01. The fourth-order valence-corrected chi connectivity index (χ4v) is 1.96. The average molecular weight is 278 g/mol. The van der Waals surface area contributed by atoms with Crippen molar-refractivity contribution < 1.29 is 4.74 Å². The number of guanidine groups is 1. The van der Waals surface area contributed by atoms with Crippen LogP contribution < -0.4 is 15.4 Å². The second-order valence-corrected chi connectivity index (χ2v) is 4.66. The number of hydrogen-bond acceptors (Lipinski definition) is 3. The number of rotatable bonds is 7. The van der Waals surface area contributed by atoms with E-state index in [4.69, 9.17) is 4.74 Å². The SMILES string of the molecule is CCC(CC)CNC(=NC)NCc1cccnc1OC. The molecule has 0 atom stereocenters. The molecule has 1 aromatic rings. The third-order valence-electron chi connectivity index (χ3n) is 3.43. The quantitative estimate of drug-likeness (QED) is 0.593. The van der Waals surface area contributed by atoms with Crippen molar-refractivity contribution in [2.75, 3.05) is 20.7 Å². The molecule has 0 unspecified atom stereocenters. The predicted molar refractivity (Wildman–Crippen MR) is 83.1 cm³/mol. The van der Waals surface area contributed by atoms with Gasteiger partial charge in [-0.2, -0.15) is 0 Å². The van der Waals surface area contributed by atoms with E-state index in [2.05, 4.69) is 34.5 Å². The molecule has 1 aromatic heterocycles. The molecule has 1 heterocycles. The summed E-state index contributed by atoms with van der Waals surface area (Å²) in [5, 5.41) is 6.64. The molecule has 0 aromatic carbocycles. The molecule has 0 saturated carbocycles. The lowest BCUT2D eigenvalue weighted by Crippen LogP contribution is -2.39. The van der Waals surface area contributed by atoms with E-state index in [1.165, 1.54) is 12.8 Å². The molecule has 2 N–H and O–H groups in total. The Morgan fingerprint density at radius 3 is 2.70 bits per heavy atom. The minimum absolute atomic E-state index is 0.638. The van der Waals surface area contributed by atoms with Crippen LogP contribution in [0.25, 0.3) is 0 Å². The maximum Gasteiger partial charge on any atom is 0.218 e. The van der Waals surface area contributed by atoms with Crippen LogP contribution >= 0.6 is 0 Å². The summed E-state index contributed by atoms with van der Waals surface area (Å²) in [6, 6.07) is 3.90. The van der Waals surface area contributed by atoms with Gasteiger partial charge in [0.1, 0.15) is 0 Å². The van der Waals surface area contributed by atoms with Crippen LogP contribution in [0.5, 0.6) is 5.88 Å². The molecule has 20 heavy (non-hydrogen) atoms. The molecule has 0 fully saturated rings. The van der Waals surface area contributed by atoms with E-state index < -0.39 is 0 Å². The van der Waals surface area contributed by atoms with Gasteiger partial charge in [0.25, 0.3) is 0 Å². The summed E-state index contributed by atoms with van der Waals surface area (Å²) in [5.74, 6) is 2.14. The number of nitrogens with one attached hydrogen (secondary N) is 2. The van der Waals surface area contributed by atoms with Gasteiger partial charge in [-0.3, -0.25) is 4.99 Å². The van der Waals surface area contributed by atoms with Gasteiger partial charge in [-0.1, -0.05) is 32.8 Å². The first-order valence-electron chi connectivity index (χ1n) is 7.17. The Kier molecular flexibility index (Phi) is 7.47. The van der Waals surface area contributed by atoms with Crippen molar-refractivity contribution in [1.29, 1.82) is 0 Å². The van der Waals surface area contributed by atoms with E-state index in [1.807, 2.05) is 12.1 Å². The van der Waals surface area contributed by atoms with Crippen LogP contribution in [-0.4, -0.2) is 31.6 Å². The van der Waals surface area contributed by atoms with Crippen molar-refractivity contribution in [3.8, 4) is 5.88 Å². The molecule has 5 nitrogen and oxygen atoms in total. The highest BCUT2D eigenvalue weighted by atomic mass is 16.5. The topological polar surface area (TPSA) is 58.5 Å². The second kappa shape index (κ2) is 9.18. The monoisotopic (exact) mass is 278 g/mol. The number of pyridine rings is 1. The van der Waals surface area contributed by atoms with E-state index >= 15 is 0 Å². The fourth-order valence-electron chi connectivity index (χ4n) is 1.96. The van der Waals surface area contributed by atoms with Crippen LogP contribution in [0.1, 0.15) is 32.3 Å². The van der Waals surface area contributed by atoms with Gasteiger partial charge in [0.2, 0.25) is 5.88 Å². The van der Waals surface area contributed by atoms with E-state index in [-0.39, 0.29) is 0 Å². The van der Waals surface area contributed by atoms with Crippen LogP contribution in [0, 0.1) is 5.92 Å². The van der Waals surface area contributed by atoms with Gasteiger partial charge in [0.15, 0.2) is 5.96 Å². The van der Waals surface area contributed by atoms with Crippen molar-refractivity contribution in [1.82, 2.24) is 15.6 Å². The third-order valence-corrected chi connectivity index (χ3v) is 3.43. The number of hydrogen-bond donors (Lipinski definition) is 2. The lowest BCUT2D eigenvalue weighted by atomic mass is 10.0. The summed E-state index contributed by atoms with van der Waals surface area (Å²) in [7, 11) is 3.41. The van der Waals surface area contributed by atoms with Gasteiger partial charge < -0.3 is 15.4 Å². The average Bonchev–Trinajstić information content (AvgIpc) is 2.51. The lowest BCUT2D eigenvalue weighted by molar-refractivity contribution is 0.392. The maximum atomic E-state index is 5.23. The van der Waals surface area contributed by atoms with Crippen LogP contribution in [0.2, 0.25) is 0 Å². The molecule has 0 aliphatic heterocycles. The Morgan fingerprint density at radius 1 is 1.35 bits per heavy atom. The zero-order valence-corrected chi connectivity index (χ0v) is 12.9. The molecule has 0 aliphatic rings. The van der Waals surface area contributed by atoms with Crippen LogP contribution in [0.15, 0.2) is 23.3 Å². The number of aliphatic imine (C=N–C) groups is 1. The minimum Gasteiger partial charge on any atom is -0.481 e. The molecule has 1 rings (SSSR count). The molecule has 5 heteroatoms. The summed E-state index contributed by atoms with van der Waals surface area (Å²) < 4.78 is 5.23. The van der Waals surface area contributed by atoms with Gasteiger partial charge in [-0.15, -0.1) is 0 Å². The molecular weight excluding hydrogens is 252 g/mol. The zero-order chi connectivity index (χ0) is 14.8. The van der Waals surface area contributed by atoms with Gasteiger partial charge in [-0.05, 0) is 12.0 Å². The van der Waals surface area contributed by atoms with Crippen LogP contribution in [0.4, 0.5) is 0 Å². The van der Waals surface area contributed by atoms with E-state index in [0.29, 0.717) is 18.3 Å². The normalized spacial score (nSPS) is 11.6. The predicted octanol–water partition coefficient (Wildman–Crippen LogP) is 2.19. The molecular formula is C15H26N4O. The molecule has 0 radical (unpaired) electrons. The Balaban J connectivity index is 2.49. The number of methoxy groups -OCH3 is 1. The molecule has 0 spiro atoms. The van der Waals surface area contributed by atoms with Crippen molar-refractivity contribution >= 4 is 5.96 Å². The highest BCUT2D eigenvalue weighted by Crippen LogP contribution is 2.12. The molecule has 112 valence electrons. The number of aromatic nitrogens is 1. The van der Waals surface area contributed by atoms with Gasteiger partial charge in [0.05, 0.1) is 7.11 Å². The highest BCUT2D eigenvalue weighted by molar-refractivity contribution is 5.79. The Bertz CT molecular complexity index is 416. The van der Waals surface area contributed by atoms with Gasteiger partial charge >= 0.3 is 0 Å². The molecule has 0 aliphatic carbocycles. The fraction of sp³-hybridized carbons (Fsp3) is 0.600. The van der Waals surface area contributed by atoms with Crippen molar-refractivity contribution in [3.05, 3.63) is 23.9 Å². The molecule has 0 amide bonds. The smallest absolute Gasteiger partial charge is 0.218 e. The summed E-state index contributed by atoms with van der Waals surface area (Å²) in [5.41, 5.74) is 1.01. The van der Waals surface area contributed by atoms with Crippen molar-refractivity contribution in [2.45, 2.75) is 33.2 Å². The van der Waals surface area contributed by atoms with Gasteiger partial charge in [-0.25, -0.2) is 4.98 Å². The Hall–Kier alpha value is -1.78. The second-order valence-electron chi connectivity index (χ2n) is 4.66. The first-order chi connectivity index (χ1) is 9.74. The first kappa shape index (κ1) is 16.3. The van der Waals surface area contributed by atoms with Crippen LogP contribution in [0.3, 0.4) is 0 Å². The van der Waals surface area contributed by atoms with Crippen molar-refractivity contribution in [2.24, 2.45) is 10.9 Å². The minimum atomic E-state index is 0.638. The molecule has 0 saturated heterocycles. The summed E-state index contributed by atoms with van der Waals surface area (Å²) in [6.07, 6.45) is 4.08. The Labute approximate surface area is 121 Å². The number of ether oxygens (including phenoxy) is 1. The lowest BCUT2D eigenvalue weighted by Gasteiger charge is -2.17. The van der Waals surface area contributed by atoms with Crippen LogP contribution in [-0.2, 0) is 6.54 Å². The van der Waals surface area contributed by atoms with E-state index in [0.717, 1.165) is 18.1 Å². The summed E-state index contributed by atoms with van der Waals surface area (Å²) in [4.78, 5) is 8.41. The standard InChI is InChI=1S/C15H26N4O/c1-5-12(6-2)10-18-15(16-3)19-11-13-8-7-9-17-14(13)20-4/h7-9,12H,5-6,10-11H2,1-4H3,(H2,16,18,19). The van der Waals surface area contributed by atoms with Crippen molar-refractivity contribution in [3.63, 3.8) is 0 Å². The van der Waals surface area contributed by atoms with E-state index in [1.54, 1.807) is 20.4 Å².